The Morgan fingerprint density at radius 2 is 2.06 bits per heavy atom. The van der Waals surface area contributed by atoms with Crippen LogP contribution < -0.4 is 15.6 Å². The summed E-state index contributed by atoms with van der Waals surface area (Å²) in [4.78, 5) is 25.8. The molecule has 3 heterocycles. The SMILES string of the molecule is C[C@H](Nc1ncc(-c2cncn2CC2CC2)s1)c1cc2cc(Cl)c(OCC3CC3)cc2[nH]c1=O. The van der Waals surface area contributed by atoms with Crippen LogP contribution in [-0.2, 0) is 6.54 Å². The van der Waals surface area contributed by atoms with E-state index in [1.165, 1.54) is 25.7 Å². The summed E-state index contributed by atoms with van der Waals surface area (Å²) in [6, 6.07) is 5.34. The van der Waals surface area contributed by atoms with Crippen molar-refractivity contribution in [2.75, 3.05) is 11.9 Å². The Bertz CT molecular complexity index is 1400. The summed E-state index contributed by atoms with van der Waals surface area (Å²) in [5, 5.41) is 5.58. The summed E-state index contributed by atoms with van der Waals surface area (Å²) in [6.45, 7) is 3.64. The molecular weight excluding hydrogens is 470 g/mol. The van der Waals surface area contributed by atoms with Crippen molar-refractivity contribution in [3.63, 3.8) is 0 Å². The van der Waals surface area contributed by atoms with Crippen molar-refractivity contribution in [2.45, 2.75) is 45.2 Å². The number of benzene rings is 1. The quantitative estimate of drug-likeness (QED) is 0.303. The molecule has 0 radical (unpaired) electrons. The second kappa shape index (κ2) is 8.74. The molecule has 0 amide bonds. The van der Waals surface area contributed by atoms with Crippen LogP contribution in [0.1, 0.15) is 44.2 Å². The lowest BCUT2D eigenvalue weighted by atomic mass is 10.1. The average molecular weight is 496 g/mol. The number of anilines is 1. The fraction of sp³-hybridized carbons (Fsp3) is 0.400. The zero-order valence-electron chi connectivity index (χ0n) is 18.9. The predicted molar refractivity (Wildman–Crippen MR) is 136 cm³/mol. The number of pyridine rings is 1. The molecule has 176 valence electrons. The fourth-order valence-electron chi connectivity index (χ4n) is 4.12. The lowest BCUT2D eigenvalue weighted by Gasteiger charge is -2.14. The lowest BCUT2D eigenvalue weighted by Crippen LogP contribution is -2.19. The third kappa shape index (κ3) is 4.57. The molecule has 2 aliphatic rings. The molecule has 0 bridgehead atoms. The smallest absolute Gasteiger partial charge is 0.253 e. The molecule has 0 saturated heterocycles. The maximum atomic E-state index is 12.9. The highest BCUT2D eigenvalue weighted by Crippen LogP contribution is 2.36. The van der Waals surface area contributed by atoms with E-state index in [4.69, 9.17) is 16.3 Å². The number of H-pyrrole nitrogens is 1. The number of hydrogen-bond acceptors (Lipinski definition) is 6. The van der Waals surface area contributed by atoms with Crippen LogP contribution in [0.4, 0.5) is 5.13 Å². The molecule has 2 fully saturated rings. The van der Waals surface area contributed by atoms with Crippen LogP contribution in [0.2, 0.25) is 5.02 Å². The van der Waals surface area contributed by atoms with Gasteiger partial charge in [-0.05, 0) is 56.6 Å². The number of halogens is 1. The van der Waals surface area contributed by atoms with E-state index in [0.29, 0.717) is 28.9 Å². The first-order valence-corrected chi connectivity index (χ1v) is 12.9. The Balaban J connectivity index is 1.21. The molecule has 0 unspecified atom stereocenters. The van der Waals surface area contributed by atoms with Crippen LogP contribution in [0, 0.1) is 11.8 Å². The van der Waals surface area contributed by atoms with Gasteiger partial charge in [0.05, 0.1) is 46.3 Å². The van der Waals surface area contributed by atoms with Crippen molar-refractivity contribution >= 4 is 39.0 Å². The van der Waals surface area contributed by atoms with E-state index in [1.54, 1.807) is 11.3 Å². The van der Waals surface area contributed by atoms with E-state index in [0.717, 1.165) is 39.1 Å². The Morgan fingerprint density at radius 1 is 1.24 bits per heavy atom. The minimum Gasteiger partial charge on any atom is -0.492 e. The highest BCUT2D eigenvalue weighted by molar-refractivity contribution is 7.18. The zero-order valence-corrected chi connectivity index (χ0v) is 20.5. The lowest BCUT2D eigenvalue weighted by molar-refractivity contribution is 0.300. The van der Waals surface area contributed by atoms with Crippen LogP contribution in [-0.4, -0.2) is 26.1 Å². The highest BCUT2D eigenvalue weighted by atomic mass is 35.5. The molecular formula is C25H26ClN5O2S. The predicted octanol–water partition coefficient (Wildman–Crippen LogP) is 5.87. The molecule has 3 aromatic heterocycles. The van der Waals surface area contributed by atoms with Gasteiger partial charge in [-0.2, -0.15) is 0 Å². The van der Waals surface area contributed by atoms with E-state index in [9.17, 15) is 4.79 Å². The molecule has 1 atom stereocenters. The van der Waals surface area contributed by atoms with Crippen LogP contribution in [0.25, 0.3) is 21.5 Å². The third-order valence-corrected chi connectivity index (χ3v) is 7.77. The number of imidazole rings is 1. The van der Waals surface area contributed by atoms with Crippen LogP contribution in [0.15, 0.2) is 41.7 Å². The van der Waals surface area contributed by atoms with E-state index in [2.05, 4.69) is 24.8 Å². The molecule has 34 heavy (non-hydrogen) atoms. The normalized spacial score (nSPS) is 16.6. The first kappa shape index (κ1) is 21.7. The van der Waals surface area contributed by atoms with Gasteiger partial charge in [0.1, 0.15) is 5.75 Å². The number of thiazole rings is 1. The largest absolute Gasteiger partial charge is 0.492 e. The van der Waals surface area contributed by atoms with Gasteiger partial charge in [0.25, 0.3) is 5.56 Å². The second-order valence-electron chi connectivity index (χ2n) is 9.45. The van der Waals surface area contributed by atoms with Gasteiger partial charge in [0.2, 0.25) is 0 Å². The number of aromatic amines is 1. The third-order valence-electron chi connectivity index (χ3n) is 6.53. The Labute approximate surface area is 206 Å². The van der Waals surface area contributed by atoms with Crippen molar-refractivity contribution in [3.8, 4) is 16.3 Å². The molecule has 6 rings (SSSR count). The van der Waals surface area contributed by atoms with Crippen molar-refractivity contribution < 1.29 is 4.74 Å². The first-order chi connectivity index (χ1) is 16.5. The molecule has 7 nitrogen and oxygen atoms in total. The minimum atomic E-state index is -0.229. The topological polar surface area (TPSA) is 84.8 Å². The number of hydrogen-bond donors (Lipinski definition) is 2. The zero-order chi connectivity index (χ0) is 23.2. The summed E-state index contributed by atoms with van der Waals surface area (Å²) < 4.78 is 8.06. The molecule has 0 spiro atoms. The van der Waals surface area contributed by atoms with Gasteiger partial charge < -0.3 is 19.6 Å². The Kier molecular flexibility index (Phi) is 5.57. The first-order valence-electron chi connectivity index (χ1n) is 11.8. The Hall–Kier alpha value is -2.84. The van der Waals surface area contributed by atoms with Crippen molar-refractivity contribution in [1.29, 1.82) is 0 Å². The van der Waals surface area contributed by atoms with Crippen LogP contribution >= 0.6 is 22.9 Å². The van der Waals surface area contributed by atoms with Gasteiger partial charge in [-0.1, -0.05) is 22.9 Å². The van der Waals surface area contributed by atoms with E-state index in [-0.39, 0.29) is 11.6 Å². The summed E-state index contributed by atoms with van der Waals surface area (Å²) in [7, 11) is 0. The number of nitrogens with zero attached hydrogens (tertiary/aromatic N) is 3. The summed E-state index contributed by atoms with van der Waals surface area (Å²) in [6.07, 6.45) is 10.7. The molecule has 4 aromatic rings. The van der Waals surface area contributed by atoms with Gasteiger partial charge in [-0.25, -0.2) is 9.97 Å². The average Bonchev–Trinajstić information content (AvgIpc) is 3.72. The van der Waals surface area contributed by atoms with E-state index in [1.807, 2.05) is 43.8 Å². The van der Waals surface area contributed by atoms with Crippen LogP contribution in [0.3, 0.4) is 0 Å². The minimum absolute atomic E-state index is 0.137. The van der Waals surface area contributed by atoms with Gasteiger partial charge in [-0.15, -0.1) is 0 Å². The fourth-order valence-corrected chi connectivity index (χ4v) is 5.28. The summed E-state index contributed by atoms with van der Waals surface area (Å²) in [5.41, 5.74) is 2.30. The summed E-state index contributed by atoms with van der Waals surface area (Å²) >= 11 is 8.03. The van der Waals surface area contributed by atoms with Gasteiger partial charge in [-0.3, -0.25) is 4.79 Å². The van der Waals surface area contributed by atoms with Crippen molar-refractivity contribution in [3.05, 3.63) is 57.9 Å². The molecule has 2 N–H and O–H groups in total. The number of aromatic nitrogens is 4. The standard InChI is InChI=1S/C25H26ClN5O2S/c1-14(29-25-28-10-23(34-25)21-9-27-13-31(21)11-15-2-3-15)18-6-17-7-19(26)22(33-12-16-4-5-16)8-20(17)30-24(18)32/h6-10,13-16H,2-5,11-12H2,1H3,(H,28,29)(H,30,32)/t14-/m0/s1. The monoisotopic (exact) mass is 495 g/mol. The second-order valence-corrected chi connectivity index (χ2v) is 10.9. The number of fused-ring (bicyclic) bond motifs is 1. The molecule has 0 aliphatic heterocycles. The molecule has 1 aromatic carbocycles. The Morgan fingerprint density at radius 3 is 2.85 bits per heavy atom. The number of rotatable bonds is 9. The maximum absolute atomic E-state index is 12.9. The van der Waals surface area contributed by atoms with E-state index < -0.39 is 0 Å². The van der Waals surface area contributed by atoms with Gasteiger partial charge >= 0.3 is 0 Å². The molecule has 2 saturated carbocycles. The van der Waals surface area contributed by atoms with Crippen molar-refractivity contribution in [2.24, 2.45) is 11.8 Å². The highest BCUT2D eigenvalue weighted by Gasteiger charge is 2.24. The van der Waals surface area contributed by atoms with Crippen LogP contribution in [0.5, 0.6) is 5.75 Å². The number of ether oxygens (including phenoxy) is 1. The maximum Gasteiger partial charge on any atom is 0.253 e. The number of nitrogens with one attached hydrogen (secondary N) is 2. The molecule has 9 heteroatoms. The van der Waals surface area contributed by atoms with Gasteiger partial charge in [0.15, 0.2) is 5.13 Å². The summed E-state index contributed by atoms with van der Waals surface area (Å²) in [5.74, 6) is 2.02. The molecule has 2 aliphatic carbocycles. The van der Waals surface area contributed by atoms with Crippen molar-refractivity contribution in [1.82, 2.24) is 19.5 Å². The van der Waals surface area contributed by atoms with E-state index >= 15 is 0 Å². The van der Waals surface area contributed by atoms with Gasteiger partial charge in [0, 0.05) is 29.8 Å².